The Labute approximate surface area is 162 Å². The molecular weight excluding hydrogens is 356 g/mol. The molecular formula is C21H20N4O3. The number of hydrogen-bond acceptors (Lipinski definition) is 6. The van der Waals surface area contributed by atoms with Crippen molar-refractivity contribution < 1.29 is 14.3 Å². The summed E-state index contributed by atoms with van der Waals surface area (Å²) in [5.74, 6) is 1.37. The summed E-state index contributed by atoms with van der Waals surface area (Å²) in [5.41, 5.74) is 3.92. The Kier molecular flexibility index (Phi) is 4.80. The van der Waals surface area contributed by atoms with Crippen LogP contribution in [0.4, 0.5) is 11.6 Å². The van der Waals surface area contributed by atoms with Gasteiger partial charge in [0.15, 0.2) is 11.5 Å². The van der Waals surface area contributed by atoms with Gasteiger partial charge in [0, 0.05) is 24.0 Å². The van der Waals surface area contributed by atoms with Gasteiger partial charge < -0.3 is 20.1 Å². The Morgan fingerprint density at radius 2 is 1.79 bits per heavy atom. The molecule has 0 saturated heterocycles. The van der Waals surface area contributed by atoms with Crippen molar-refractivity contribution in [3.05, 3.63) is 71.0 Å². The van der Waals surface area contributed by atoms with Crippen LogP contribution in [0.3, 0.4) is 0 Å². The molecule has 0 radical (unpaired) electrons. The van der Waals surface area contributed by atoms with Crippen LogP contribution >= 0.6 is 0 Å². The minimum Gasteiger partial charge on any atom is -0.454 e. The van der Waals surface area contributed by atoms with Crippen molar-refractivity contribution in [1.29, 1.82) is 0 Å². The molecule has 0 spiro atoms. The van der Waals surface area contributed by atoms with E-state index in [2.05, 4.69) is 32.7 Å². The summed E-state index contributed by atoms with van der Waals surface area (Å²) in [6.07, 6.45) is 0. The number of amides is 1. The third kappa shape index (κ3) is 4.03. The highest BCUT2D eigenvalue weighted by molar-refractivity contribution is 6.03. The second kappa shape index (κ2) is 7.56. The van der Waals surface area contributed by atoms with E-state index in [1.807, 2.05) is 26.0 Å². The highest BCUT2D eigenvalue weighted by Crippen LogP contribution is 2.34. The fourth-order valence-corrected chi connectivity index (χ4v) is 2.82. The van der Waals surface area contributed by atoms with Crippen molar-refractivity contribution in [2.45, 2.75) is 20.4 Å². The predicted octanol–water partition coefficient (Wildman–Crippen LogP) is 3.69. The molecule has 3 aromatic rings. The predicted molar refractivity (Wildman–Crippen MR) is 106 cm³/mol. The van der Waals surface area contributed by atoms with Crippen LogP contribution in [0, 0.1) is 13.8 Å². The van der Waals surface area contributed by atoms with Gasteiger partial charge in [0.1, 0.15) is 5.69 Å². The number of carbonyl (C=O) groups is 1. The molecule has 7 nitrogen and oxygen atoms in total. The average molecular weight is 376 g/mol. The Morgan fingerprint density at radius 3 is 2.61 bits per heavy atom. The first kappa shape index (κ1) is 17.8. The van der Waals surface area contributed by atoms with Gasteiger partial charge in [0.05, 0.1) is 0 Å². The summed E-state index contributed by atoms with van der Waals surface area (Å²) >= 11 is 0. The van der Waals surface area contributed by atoms with Crippen molar-refractivity contribution in [2.24, 2.45) is 0 Å². The maximum absolute atomic E-state index is 12.6. The van der Waals surface area contributed by atoms with Crippen LogP contribution in [-0.2, 0) is 6.54 Å². The lowest BCUT2D eigenvalue weighted by molar-refractivity contribution is 0.102. The molecule has 1 aromatic heterocycles. The number of benzene rings is 2. The van der Waals surface area contributed by atoms with Crippen LogP contribution in [0.5, 0.6) is 11.5 Å². The quantitative estimate of drug-likeness (QED) is 0.706. The van der Waals surface area contributed by atoms with Gasteiger partial charge in [-0.3, -0.25) is 4.79 Å². The van der Waals surface area contributed by atoms with E-state index in [1.54, 1.807) is 24.3 Å². The summed E-state index contributed by atoms with van der Waals surface area (Å²) in [4.78, 5) is 21.3. The smallest absolute Gasteiger partial charge is 0.274 e. The van der Waals surface area contributed by atoms with Crippen LogP contribution in [0.1, 0.15) is 27.3 Å². The Balaban J connectivity index is 1.46. The van der Waals surface area contributed by atoms with Gasteiger partial charge in [0.25, 0.3) is 5.91 Å². The molecule has 1 amide bonds. The van der Waals surface area contributed by atoms with Crippen molar-refractivity contribution in [1.82, 2.24) is 9.97 Å². The number of anilines is 2. The molecule has 1 aliphatic heterocycles. The van der Waals surface area contributed by atoms with E-state index in [1.165, 1.54) is 5.56 Å². The van der Waals surface area contributed by atoms with Crippen molar-refractivity contribution >= 4 is 17.5 Å². The van der Waals surface area contributed by atoms with Crippen molar-refractivity contribution in [3.63, 3.8) is 0 Å². The SMILES string of the molecule is Cc1ccc(CNc2nc(C)cc(C(=O)Nc3ccc4c(c3)OCO4)n2)cc1. The molecule has 1 aliphatic rings. The monoisotopic (exact) mass is 376 g/mol. The molecule has 7 heteroatoms. The Morgan fingerprint density at radius 1 is 1.00 bits per heavy atom. The summed E-state index contributed by atoms with van der Waals surface area (Å²) in [6, 6.07) is 15.1. The molecule has 2 aromatic carbocycles. The van der Waals surface area contributed by atoms with E-state index in [-0.39, 0.29) is 18.4 Å². The number of ether oxygens (including phenoxy) is 2. The molecule has 0 bridgehead atoms. The normalized spacial score (nSPS) is 11.9. The van der Waals surface area contributed by atoms with E-state index < -0.39 is 0 Å². The first-order valence-corrected chi connectivity index (χ1v) is 8.93. The molecule has 28 heavy (non-hydrogen) atoms. The zero-order valence-electron chi connectivity index (χ0n) is 15.7. The summed E-state index contributed by atoms with van der Waals surface area (Å²) in [5, 5.41) is 6.01. The van der Waals surface area contributed by atoms with Crippen LogP contribution < -0.4 is 20.1 Å². The van der Waals surface area contributed by atoms with Crippen LogP contribution in [0.15, 0.2) is 48.5 Å². The maximum Gasteiger partial charge on any atom is 0.274 e. The first-order chi connectivity index (χ1) is 13.6. The van der Waals surface area contributed by atoms with Gasteiger partial charge >= 0.3 is 0 Å². The molecule has 4 rings (SSSR count). The van der Waals surface area contributed by atoms with Crippen molar-refractivity contribution in [2.75, 3.05) is 17.4 Å². The Bertz CT molecular complexity index is 1020. The van der Waals surface area contributed by atoms with Crippen LogP contribution in [0.25, 0.3) is 0 Å². The number of hydrogen-bond donors (Lipinski definition) is 2. The number of nitrogens with zero attached hydrogens (tertiary/aromatic N) is 2. The highest BCUT2D eigenvalue weighted by atomic mass is 16.7. The zero-order valence-corrected chi connectivity index (χ0v) is 15.7. The lowest BCUT2D eigenvalue weighted by Gasteiger charge is -2.09. The molecule has 0 fully saturated rings. The summed E-state index contributed by atoms with van der Waals surface area (Å²) < 4.78 is 10.6. The second-order valence-electron chi connectivity index (χ2n) is 6.58. The summed E-state index contributed by atoms with van der Waals surface area (Å²) in [7, 11) is 0. The van der Waals surface area contributed by atoms with Crippen LogP contribution in [0.2, 0.25) is 0 Å². The molecule has 0 unspecified atom stereocenters. The third-order valence-corrected chi connectivity index (χ3v) is 4.29. The lowest BCUT2D eigenvalue weighted by Crippen LogP contribution is -2.16. The van der Waals surface area contributed by atoms with Crippen LogP contribution in [-0.4, -0.2) is 22.7 Å². The highest BCUT2D eigenvalue weighted by Gasteiger charge is 2.16. The minimum absolute atomic E-state index is 0.188. The number of aryl methyl sites for hydroxylation is 2. The lowest BCUT2D eigenvalue weighted by atomic mass is 10.1. The van der Waals surface area contributed by atoms with Gasteiger partial charge in [-0.1, -0.05) is 29.8 Å². The summed E-state index contributed by atoms with van der Waals surface area (Å²) in [6.45, 7) is 4.64. The van der Waals surface area contributed by atoms with Gasteiger partial charge in [-0.25, -0.2) is 9.97 Å². The average Bonchev–Trinajstić information content (AvgIpc) is 3.15. The van der Waals surface area contributed by atoms with E-state index in [4.69, 9.17) is 9.47 Å². The number of nitrogens with one attached hydrogen (secondary N) is 2. The molecule has 0 aliphatic carbocycles. The van der Waals surface area contributed by atoms with Gasteiger partial charge in [-0.05, 0) is 37.6 Å². The zero-order chi connectivity index (χ0) is 19.5. The fraction of sp³-hybridized carbons (Fsp3) is 0.190. The number of rotatable bonds is 5. The standard InChI is InChI=1S/C21H20N4O3/c1-13-3-5-15(6-4-13)11-22-21-23-14(2)9-17(25-21)20(26)24-16-7-8-18-19(10-16)28-12-27-18/h3-10H,11-12H2,1-2H3,(H,24,26)(H,22,23,25). The van der Waals surface area contributed by atoms with E-state index >= 15 is 0 Å². The van der Waals surface area contributed by atoms with Gasteiger partial charge in [0.2, 0.25) is 12.7 Å². The fourth-order valence-electron chi connectivity index (χ4n) is 2.82. The number of carbonyl (C=O) groups excluding carboxylic acids is 1. The Hall–Kier alpha value is -3.61. The number of aromatic nitrogens is 2. The molecule has 2 heterocycles. The maximum atomic E-state index is 12.6. The third-order valence-electron chi connectivity index (χ3n) is 4.29. The first-order valence-electron chi connectivity index (χ1n) is 8.93. The minimum atomic E-state index is -0.317. The van der Waals surface area contributed by atoms with E-state index in [9.17, 15) is 4.79 Å². The topological polar surface area (TPSA) is 85.4 Å². The molecule has 2 N–H and O–H groups in total. The van der Waals surface area contributed by atoms with Gasteiger partial charge in [-0.15, -0.1) is 0 Å². The largest absolute Gasteiger partial charge is 0.454 e. The van der Waals surface area contributed by atoms with Gasteiger partial charge in [-0.2, -0.15) is 0 Å². The van der Waals surface area contributed by atoms with Crippen molar-refractivity contribution in [3.8, 4) is 11.5 Å². The second-order valence-corrected chi connectivity index (χ2v) is 6.58. The molecule has 0 saturated carbocycles. The van der Waals surface area contributed by atoms with E-state index in [0.29, 0.717) is 35.4 Å². The molecule has 0 atom stereocenters. The van der Waals surface area contributed by atoms with E-state index in [0.717, 1.165) is 5.56 Å². The molecule has 142 valence electrons. The number of fused-ring (bicyclic) bond motifs is 1.